The van der Waals surface area contributed by atoms with Gasteiger partial charge >= 0.3 is 0 Å². The summed E-state index contributed by atoms with van der Waals surface area (Å²) < 4.78 is 5.58. The lowest BCUT2D eigenvalue weighted by atomic mass is 10.0. The van der Waals surface area contributed by atoms with Crippen LogP contribution < -0.4 is 0 Å². The third kappa shape index (κ3) is 2.21. The molecule has 3 heterocycles. The molecule has 0 saturated heterocycles. The number of hydrogen-bond donors (Lipinski definition) is 1. The molecule has 1 aromatic carbocycles. The molecule has 1 N–H and O–H groups in total. The van der Waals surface area contributed by atoms with Crippen molar-refractivity contribution in [3.8, 4) is 0 Å². The van der Waals surface area contributed by atoms with Crippen LogP contribution in [0.15, 0.2) is 22.6 Å². The first kappa shape index (κ1) is 13.8. The molecule has 6 heteroatoms. The molecule has 114 valence electrons. The maximum atomic E-state index is 6.15. The third-order valence-electron chi connectivity index (χ3n) is 4.41. The van der Waals surface area contributed by atoms with Crippen LogP contribution in [0, 0.1) is 6.92 Å². The van der Waals surface area contributed by atoms with Crippen molar-refractivity contribution < 1.29 is 4.42 Å². The summed E-state index contributed by atoms with van der Waals surface area (Å²) in [5.74, 6) is 1.29. The van der Waals surface area contributed by atoms with Gasteiger partial charge in [0.15, 0.2) is 0 Å². The first-order chi connectivity index (χ1) is 10.6. The Balaban J connectivity index is 1.68. The first-order valence-corrected chi connectivity index (χ1v) is 7.82. The number of aromatic nitrogens is 3. The number of aromatic amines is 1. The molecule has 0 fully saturated rings. The van der Waals surface area contributed by atoms with E-state index >= 15 is 0 Å². The van der Waals surface area contributed by atoms with E-state index < -0.39 is 0 Å². The van der Waals surface area contributed by atoms with Crippen LogP contribution in [0.4, 0.5) is 0 Å². The van der Waals surface area contributed by atoms with Crippen LogP contribution >= 0.6 is 11.6 Å². The monoisotopic (exact) mass is 316 g/mol. The second-order valence-electron chi connectivity index (χ2n) is 5.83. The van der Waals surface area contributed by atoms with E-state index in [1.807, 2.05) is 25.1 Å². The van der Waals surface area contributed by atoms with Crippen LogP contribution in [-0.4, -0.2) is 26.6 Å². The van der Waals surface area contributed by atoms with Crippen LogP contribution in [0.1, 0.15) is 36.0 Å². The zero-order chi connectivity index (χ0) is 15.3. The Morgan fingerprint density at radius 3 is 3.00 bits per heavy atom. The van der Waals surface area contributed by atoms with Crippen molar-refractivity contribution in [2.24, 2.45) is 0 Å². The lowest BCUT2D eigenvalue weighted by Crippen LogP contribution is -2.32. The third-order valence-corrected chi connectivity index (χ3v) is 4.65. The molecule has 4 rings (SSSR count). The van der Waals surface area contributed by atoms with Gasteiger partial charge in [-0.3, -0.25) is 4.90 Å². The fourth-order valence-electron chi connectivity index (χ4n) is 3.17. The summed E-state index contributed by atoms with van der Waals surface area (Å²) in [7, 11) is 0. The average Bonchev–Trinajstić information content (AvgIpc) is 3.09. The molecule has 0 spiro atoms. The summed E-state index contributed by atoms with van der Waals surface area (Å²) in [6.45, 7) is 5.76. The molecule has 5 nitrogen and oxygen atoms in total. The van der Waals surface area contributed by atoms with Crippen molar-refractivity contribution in [2.45, 2.75) is 32.9 Å². The molecular formula is C16H17ClN4O. The molecule has 0 unspecified atom stereocenters. The second kappa shape index (κ2) is 5.11. The van der Waals surface area contributed by atoms with E-state index in [1.54, 1.807) is 0 Å². The number of nitrogens with one attached hydrogen (secondary N) is 1. The summed E-state index contributed by atoms with van der Waals surface area (Å²) >= 11 is 6.15. The summed E-state index contributed by atoms with van der Waals surface area (Å²) in [4.78, 5) is 5.87. The van der Waals surface area contributed by atoms with E-state index in [2.05, 4.69) is 27.0 Å². The normalized spacial score (nSPS) is 16.9. The molecule has 0 amide bonds. The van der Waals surface area contributed by atoms with Gasteiger partial charge in [-0.1, -0.05) is 11.6 Å². The number of rotatable bonds is 2. The van der Waals surface area contributed by atoms with Gasteiger partial charge < -0.3 is 9.40 Å². The van der Waals surface area contributed by atoms with Gasteiger partial charge in [0.05, 0.1) is 6.04 Å². The number of hydrogen-bond acceptors (Lipinski definition) is 4. The second-order valence-corrected chi connectivity index (χ2v) is 6.26. The van der Waals surface area contributed by atoms with Crippen molar-refractivity contribution >= 4 is 22.5 Å². The van der Waals surface area contributed by atoms with Crippen LogP contribution in [0.2, 0.25) is 5.02 Å². The van der Waals surface area contributed by atoms with Crippen molar-refractivity contribution in [1.29, 1.82) is 0 Å². The Kier molecular flexibility index (Phi) is 3.20. The summed E-state index contributed by atoms with van der Waals surface area (Å²) in [5.41, 5.74) is 3.78. The number of nitrogens with zero attached hydrogens (tertiary/aromatic N) is 3. The first-order valence-electron chi connectivity index (χ1n) is 7.45. The zero-order valence-electron chi connectivity index (χ0n) is 12.6. The van der Waals surface area contributed by atoms with Gasteiger partial charge in [-0.05, 0) is 30.7 Å². The molecule has 1 atom stereocenters. The molecule has 0 radical (unpaired) electrons. The van der Waals surface area contributed by atoms with E-state index in [4.69, 9.17) is 16.0 Å². The molecule has 0 aliphatic carbocycles. The van der Waals surface area contributed by atoms with E-state index in [-0.39, 0.29) is 6.04 Å². The van der Waals surface area contributed by atoms with E-state index in [1.165, 1.54) is 16.6 Å². The maximum Gasteiger partial charge on any atom is 0.233 e. The minimum absolute atomic E-state index is 0.110. The molecule has 0 saturated carbocycles. The smallest absolute Gasteiger partial charge is 0.233 e. The standard InChI is InChI=1S/C16H17ClN4O/c1-9(16-20-19-10(2)22-16)21-6-5-15-13(8-21)12-7-11(17)3-4-14(12)18-15/h3-4,7,9,18H,5-6,8H2,1-2H3/t9-/m1/s1. The molecule has 0 bridgehead atoms. The molecule has 1 aliphatic heterocycles. The fourth-order valence-corrected chi connectivity index (χ4v) is 3.35. The highest BCUT2D eigenvalue weighted by Crippen LogP contribution is 2.32. The van der Waals surface area contributed by atoms with Crippen molar-refractivity contribution in [3.05, 3.63) is 46.3 Å². The largest absolute Gasteiger partial charge is 0.424 e. The lowest BCUT2D eigenvalue weighted by Gasteiger charge is -2.30. The van der Waals surface area contributed by atoms with Crippen LogP contribution in [0.5, 0.6) is 0 Å². The van der Waals surface area contributed by atoms with Gasteiger partial charge in [-0.25, -0.2) is 0 Å². The number of H-pyrrole nitrogens is 1. The highest BCUT2D eigenvalue weighted by atomic mass is 35.5. The summed E-state index contributed by atoms with van der Waals surface area (Å²) in [6, 6.07) is 6.12. The molecule has 22 heavy (non-hydrogen) atoms. The summed E-state index contributed by atoms with van der Waals surface area (Å²) in [6.07, 6.45) is 0.985. The molecule has 1 aliphatic rings. The van der Waals surface area contributed by atoms with E-state index in [0.29, 0.717) is 11.8 Å². The van der Waals surface area contributed by atoms with Crippen LogP contribution in [0.25, 0.3) is 10.9 Å². The number of benzene rings is 1. The van der Waals surface area contributed by atoms with Gasteiger partial charge in [0.1, 0.15) is 0 Å². The minimum atomic E-state index is 0.110. The van der Waals surface area contributed by atoms with Crippen LogP contribution in [-0.2, 0) is 13.0 Å². The topological polar surface area (TPSA) is 58.0 Å². The SMILES string of the molecule is Cc1nnc([C@@H](C)N2CCc3[nH]c4ccc(Cl)cc4c3C2)o1. The molecular weight excluding hydrogens is 300 g/mol. The van der Waals surface area contributed by atoms with Crippen molar-refractivity contribution in [1.82, 2.24) is 20.1 Å². The Morgan fingerprint density at radius 2 is 2.23 bits per heavy atom. The number of halogens is 1. The molecule has 3 aromatic rings. The quantitative estimate of drug-likeness (QED) is 0.784. The Morgan fingerprint density at radius 1 is 1.36 bits per heavy atom. The lowest BCUT2D eigenvalue weighted by molar-refractivity contribution is 0.165. The van der Waals surface area contributed by atoms with Crippen LogP contribution in [0.3, 0.4) is 0 Å². The maximum absolute atomic E-state index is 6.15. The Labute approximate surface area is 133 Å². The van der Waals surface area contributed by atoms with Gasteiger partial charge in [-0.15, -0.1) is 10.2 Å². The highest BCUT2D eigenvalue weighted by molar-refractivity contribution is 6.31. The fraction of sp³-hybridized carbons (Fsp3) is 0.375. The van der Waals surface area contributed by atoms with Gasteiger partial charge in [-0.2, -0.15) is 0 Å². The van der Waals surface area contributed by atoms with Gasteiger partial charge in [0, 0.05) is 48.1 Å². The number of fused-ring (bicyclic) bond motifs is 3. The predicted octanol–water partition coefficient (Wildman–Crippen LogP) is 3.63. The van der Waals surface area contributed by atoms with E-state index in [9.17, 15) is 0 Å². The Hall–Kier alpha value is -1.85. The van der Waals surface area contributed by atoms with Crippen molar-refractivity contribution in [2.75, 3.05) is 6.54 Å². The minimum Gasteiger partial charge on any atom is -0.424 e. The molecule has 2 aromatic heterocycles. The Bertz CT molecular complexity index is 838. The van der Waals surface area contributed by atoms with Gasteiger partial charge in [0.25, 0.3) is 0 Å². The predicted molar refractivity (Wildman–Crippen MR) is 84.9 cm³/mol. The average molecular weight is 317 g/mol. The van der Waals surface area contributed by atoms with E-state index in [0.717, 1.165) is 30.0 Å². The summed E-state index contributed by atoms with van der Waals surface area (Å²) in [5, 5.41) is 10.1. The zero-order valence-corrected chi connectivity index (χ0v) is 13.3. The number of aryl methyl sites for hydroxylation is 1. The highest BCUT2D eigenvalue weighted by Gasteiger charge is 2.27. The van der Waals surface area contributed by atoms with Gasteiger partial charge in [0.2, 0.25) is 11.8 Å². The van der Waals surface area contributed by atoms with Crippen molar-refractivity contribution in [3.63, 3.8) is 0 Å².